The van der Waals surface area contributed by atoms with Crippen LogP contribution in [0.3, 0.4) is 0 Å². The summed E-state index contributed by atoms with van der Waals surface area (Å²) in [5, 5.41) is 2.93. The normalized spacial score (nSPS) is 12.7. The number of nitrogens with zero attached hydrogens (tertiary/aromatic N) is 2. The highest BCUT2D eigenvalue weighted by Crippen LogP contribution is 2.23. The van der Waals surface area contributed by atoms with Gasteiger partial charge in [0.2, 0.25) is 5.96 Å². The van der Waals surface area contributed by atoms with Crippen LogP contribution in [0.2, 0.25) is 0 Å². The minimum atomic E-state index is -0.607. The maximum atomic E-state index is 12.8. The quantitative estimate of drug-likeness (QED) is 0.358. The lowest BCUT2D eigenvalue weighted by Crippen LogP contribution is -2.46. The first kappa shape index (κ1) is 24.1. The van der Waals surface area contributed by atoms with Gasteiger partial charge in [0, 0.05) is 6.54 Å². The molecule has 0 aliphatic carbocycles. The van der Waals surface area contributed by atoms with Crippen molar-refractivity contribution >= 4 is 12.1 Å². The Morgan fingerprint density at radius 1 is 0.879 bits per heavy atom. The van der Waals surface area contributed by atoms with Crippen molar-refractivity contribution in [1.82, 2.24) is 10.2 Å². The third kappa shape index (κ3) is 7.79. The third-order valence-electron chi connectivity index (χ3n) is 5.08. The number of hydrogen-bond donors (Lipinski definition) is 1. The molecule has 5 nitrogen and oxygen atoms in total. The molecule has 0 saturated heterocycles. The van der Waals surface area contributed by atoms with Crippen LogP contribution in [0, 0.1) is 0 Å². The van der Waals surface area contributed by atoms with Crippen LogP contribution in [-0.2, 0) is 17.8 Å². The van der Waals surface area contributed by atoms with Crippen molar-refractivity contribution in [3.8, 4) is 0 Å². The number of carbonyl (C=O) groups is 1. The molecule has 0 radical (unpaired) electrons. The maximum Gasteiger partial charge on any atom is 0.414 e. The fourth-order valence-corrected chi connectivity index (χ4v) is 3.43. The van der Waals surface area contributed by atoms with Gasteiger partial charge in [-0.15, -0.1) is 0 Å². The van der Waals surface area contributed by atoms with E-state index in [-0.39, 0.29) is 6.04 Å². The summed E-state index contributed by atoms with van der Waals surface area (Å²) in [6, 6.07) is 30.4. The Morgan fingerprint density at radius 3 is 1.94 bits per heavy atom. The average molecular weight is 444 g/mol. The van der Waals surface area contributed by atoms with Crippen molar-refractivity contribution in [3.63, 3.8) is 0 Å². The molecule has 33 heavy (non-hydrogen) atoms. The lowest BCUT2D eigenvalue weighted by molar-refractivity contribution is 0.0553. The zero-order valence-electron chi connectivity index (χ0n) is 19.9. The Hall–Kier alpha value is -3.60. The highest BCUT2D eigenvalue weighted by atomic mass is 16.6. The molecule has 0 saturated carbocycles. The van der Waals surface area contributed by atoms with Crippen LogP contribution in [0.1, 0.15) is 50.4 Å². The molecular weight excluding hydrogens is 410 g/mol. The van der Waals surface area contributed by atoms with Crippen molar-refractivity contribution in [2.45, 2.75) is 52.4 Å². The van der Waals surface area contributed by atoms with Crippen LogP contribution in [-0.4, -0.2) is 22.6 Å². The van der Waals surface area contributed by atoms with Gasteiger partial charge >= 0.3 is 6.09 Å². The van der Waals surface area contributed by atoms with Crippen LogP contribution in [0.5, 0.6) is 0 Å². The van der Waals surface area contributed by atoms with Crippen LogP contribution in [0.15, 0.2) is 96.0 Å². The molecule has 0 bridgehead atoms. The summed E-state index contributed by atoms with van der Waals surface area (Å²) in [4.78, 5) is 19.7. The molecule has 0 unspecified atom stereocenters. The highest BCUT2D eigenvalue weighted by Gasteiger charge is 2.24. The van der Waals surface area contributed by atoms with Gasteiger partial charge in [0.05, 0.1) is 12.6 Å². The summed E-state index contributed by atoms with van der Waals surface area (Å²) in [7, 11) is 0. The van der Waals surface area contributed by atoms with Gasteiger partial charge in [0.25, 0.3) is 0 Å². The fraction of sp³-hybridized carbons (Fsp3) is 0.286. The first-order chi connectivity index (χ1) is 15.8. The second kappa shape index (κ2) is 11.3. The summed E-state index contributed by atoms with van der Waals surface area (Å²) in [5.74, 6) is 0.480. The van der Waals surface area contributed by atoms with E-state index in [1.54, 1.807) is 0 Å². The second-order valence-electron chi connectivity index (χ2n) is 8.95. The molecule has 1 amide bonds. The summed E-state index contributed by atoms with van der Waals surface area (Å²) in [6.07, 6.45) is -0.521. The van der Waals surface area contributed by atoms with Crippen molar-refractivity contribution in [2.24, 2.45) is 4.99 Å². The van der Waals surface area contributed by atoms with Crippen molar-refractivity contribution in [1.29, 1.82) is 0 Å². The van der Waals surface area contributed by atoms with Gasteiger partial charge < -0.3 is 9.64 Å². The number of hydrogen-bond acceptors (Lipinski definition) is 3. The molecule has 5 heteroatoms. The molecule has 3 rings (SSSR count). The van der Waals surface area contributed by atoms with Gasteiger partial charge in [-0.3, -0.25) is 5.32 Å². The van der Waals surface area contributed by atoms with Gasteiger partial charge in [-0.05, 0) is 44.4 Å². The van der Waals surface area contributed by atoms with Crippen molar-refractivity contribution in [3.05, 3.63) is 108 Å². The molecule has 1 N–H and O–H groups in total. The Kier molecular flexibility index (Phi) is 8.25. The van der Waals surface area contributed by atoms with E-state index < -0.39 is 11.7 Å². The zero-order valence-corrected chi connectivity index (χ0v) is 19.9. The molecule has 1 atom stereocenters. The van der Waals surface area contributed by atoms with Gasteiger partial charge in [0.1, 0.15) is 5.60 Å². The van der Waals surface area contributed by atoms with E-state index in [9.17, 15) is 4.79 Å². The topological polar surface area (TPSA) is 53.9 Å². The van der Waals surface area contributed by atoms with E-state index >= 15 is 0 Å². The minimum absolute atomic E-state index is 0.0316. The van der Waals surface area contributed by atoms with Crippen molar-refractivity contribution in [2.75, 3.05) is 0 Å². The number of rotatable bonds is 6. The Balaban J connectivity index is 1.97. The molecule has 172 valence electrons. The number of guanidine groups is 1. The number of carbonyl (C=O) groups excluding carboxylic acids is 1. The molecule has 0 spiro atoms. The monoisotopic (exact) mass is 443 g/mol. The average Bonchev–Trinajstić information content (AvgIpc) is 2.80. The van der Waals surface area contributed by atoms with E-state index in [1.165, 1.54) is 0 Å². The van der Waals surface area contributed by atoms with Crippen LogP contribution < -0.4 is 5.32 Å². The van der Waals surface area contributed by atoms with E-state index in [2.05, 4.69) is 41.4 Å². The third-order valence-corrected chi connectivity index (χ3v) is 5.08. The SMILES string of the molecule is C[C@H](c1ccccc1)N(Cc1ccccc1)C(=NCc1ccccc1)NC(=O)OC(C)(C)C. The Morgan fingerprint density at radius 2 is 1.39 bits per heavy atom. The van der Waals surface area contributed by atoms with Gasteiger partial charge in [0.15, 0.2) is 0 Å². The lowest BCUT2D eigenvalue weighted by atomic mass is 10.1. The van der Waals surface area contributed by atoms with E-state index in [4.69, 9.17) is 9.73 Å². The number of ether oxygens (including phenoxy) is 1. The predicted octanol–water partition coefficient (Wildman–Crippen LogP) is 6.33. The summed E-state index contributed by atoms with van der Waals surface area (Å²) < 4.78 is 5.55. The molecular formula is C28H33N3O2. The Bertz CT molecular complexity index is 1030. The Labute approximate surface area is 197 Å². The number of benzene rings is 3. The molecule has 0 heterocycles. The predicted molar refractivity (Wildman–Crippen MR) is 134 cm³/mol. The first-order valence-electron chi connectivity index (χ1n) is 11.3. The molecule has 0 aliphatic heterocycles. The zero-order chi connectivity index (χ0) is 23.7. The number of nitrogens with one attached hydrogen (secondary N) is 1. The largest absolute Gasteiger partial charge is 0.444 e. The maximum absolute atomic E-state index is 12.8. The summed E-state index contributed by atoms with van der Waals surface area (Å²) >= 11 is 0. The van der Waals surface area contributed by atoms with Crippen LogP contribution in [0.25, 0.3) is 0 Å². The van der Waals surface area contributed by atoms with E-state index in [0.29, 0.717) is 19.0 Å². The van der Waals surface area contributed by atoms with E-state index in [1.807, 2.05) is 87.5 Å². The number of amides is 1. The van der Waals surface area contributed by atoms with Gasteiger partial charge in [-0.2, -0.15) is 0 Å². The minimum Gasteiger partial charge on any atom is -0.444 e. The van der Waals surface area contributed by atoms with Crippen molar-refractivity contribution < 1.29 is 9.53 Å². The second-order valence-corrected chi connectivity index (χ2v) is 8.95. The van der Waals surface area contributed by atoms with Gasteiger partial charge in [-0.25, -0.2) is 9.79 Å². The fourth-order valence-electron chi connectivity index (χ4n) is 3.43. The molecule has 3 aromatic rings. The summed E-state index contributed by atoms with van der Waals surface area (Å²) in [5.41, 5.74) is 2.71. The standard InChI is InChI=1S/C28H33N3O2/c1-22(25-18-12-7-13-19-25)31(21-24-16-10-6-11-17-24)26(30-27(32)33-28(2,3)4)29-20-23-14-8-5-9-15-23/h5-19,22H,20-21H2,1-4H3,(H,29,30,32)/t22-/m1/s1. The number of alkyl carbamates (subject to hydrolysis) is 1. The smallest absolute Gasteiger partial charge is 0.414 e. The molecule has 0 fully saturated rings. The van der Waals surface area contributed by atoms with Crippen LogP contribution in [0.4, 0.5) is 4.79 Å². The molecule has 0 aliphatic rings. The highest BCUT2D eigenvalue weighted by molar-refractivity contribution is 5.94. The van der Waals surface area contributed by atoms with Crippen LogP contribution >= 0.6 is 0 Å². The molecule has 0 aromatic heterocycles. The molecule has 3 aromatic carbocycles. The number of aliphatic imine (C=N–C) groups is 1. The lowest BCUT2D eigenvalue weighted by Gasteiger charge is -2.33. The van der Waals surface area contributed by atoms with Gasteiger partial charge in [-0.1, -0.05) is 91.0 Å². The van der Waals surface area contributed by atoms with E-state index in [0.717, 1.165) is 16.7 Å². The summed E-state index contributed by atoms with van der Waals surface area (Å²) in [6.45, 7) is 8.69. The first-order valence-corrected chi connectivity index (χ1v) is 11.3.